The second kappa shape index (κ2) is 7.58. The Balaban J connectivity index is 1.65. The number of aromatic amines is 1. The van der Waals surface area contributed by atoms with Crippen LogP contribution < -0.4 is 0 Å². The zero-order chi connectivity index (χ0) is 19.5. The van der Waals surface area contributed by atoms with E-state index in [4.69, 9.17) is 0 Å². The third-order valence-corrected chi connectivity index (χ3v) is 5.28. The average Bonchev–Trinajstić information content (AvgIpc) is 3.35. The lowest BCUT2D eigenvalue weighted by Gasteiger charge is -2.12. The van der Waals surface area contributed by atoms with Crippen molar-refractivity contribution in [2.24, 2.45) is 0 Å². The summed E-state index contributed by atoms with van der Waals surface area (Å²) in [6.45, 7) is 1.81. The number of nitrogens with zero attached hydrogens (tertiary/aromatic N) is 5. The van der Waals surface area contributed by atoms with Crippen molar-refractivity contribution in [3.8, 4) is 11.8 Å². The molecule has 0 amide bonds. The summed E-state index contributed by atoms with van der Waals surface area (Å²) in [5.74, 6) is 0.285. The predicted octanol–water partition coefficient (Wildman–Crippen LogP) is 4.12. The Bertz CT molecular complexity index is 1160. The van der Waals surface area contributed by atoms with E-state index < -0.39 is 5.25 Å². The van der Waals surface area contributed by atoms with E-state index in [9.17, 15) is 10.4 Å². The molecule has 0 radical (unpaired) electrons. The summed E-state index contributed by atoms with van der Waals surface area (Å²) in [7, 11) is 0. The molecule has 0 aliphatic heterocycles. The van der Waals surface area contributed by atoms with E-state index >= 15 is 0 Å². The first-order valence-electron chi connectivity index (χ1n) is 8.58. The molecule has 1 atom stereocenters. The van der Waals surface area contributed by atoms with Gasteiger partial charge in [-0.15, -0.1) is 10.2 Å². The number of hydrogen-bond donors (Lipinski definition) is 2. The first-order chi connectivity index (χ1) is 13.7. The maximum absolute atomic E-state index is 10.7. The van der Waals surface area contributed by atoms with Crippen LogP contribution in [0.3, 0.4) is 0 Å². The van der Waals surface area contributed by atoms with E-state index in [1.807, 2.05) is 66.1 Å². The summed E-state index contributed by atoms with van der Waals surface area (Å²) >= 11 is 1.31. The van der Waals surface area contributed by atoms with Gasteiger partial charge in [-0.1, -0.05) is 42.1 Å². The molecule has 7 nitrogen and oxygen atoms in total. The smallest absolute Gasteiger partial charge is 0.196 e. The number of aromatic nitrogens is 5. The molecule has 4 aromatic rings. The highest BCUT2D eigenvalue weighted by molar-refractivity contribution is 7.99. The lowest BCUT2D eigenvalue weighted by Crippen LogP contribution is -2.07. The molecule has 2 aromatic carbocycles. The molecule has 2 aromatic heterocycles. The lowest BCUT2D eigenvalue weighted by molar-refractivity contribution is 0.401. The van der Waals surface area contributed by atoms with E-state index in [0.717, 1.165) is 16.7 Å². The van der Waals surface area contributed by atoms with Crippen LogP contribution in [0.5, 0.6) is 0 Å². The van der Waals surface area contributed by atoms with Crippen molar-refractivity contribution in [1.82, 2.24) is 24.7 Å². The van der Waals surface area contributed by atoms with E-state index in [2.05, 4.69) is 26.2 Å². The van der Waals surface area contributed by atoms with E-state index in [0.29, 0.717) is 11.0 Å². The summed E-state index contributed by atoms with van der Waals surface area (Å²) in [6, 6.07) is 19.2. The molecule has 138 valence electrons. The number of hydrogen-bond acceptors (Lipinski definition) is 6. The van der Waals surface area contributed by atoms with Crippen molar-refractivity contribution in [3.63, 3.8) is 0 Å². The highest BCUT2D eigenvalue weighted by Gasteiger charge is 2.21. The van der Waals surface area contributed by atoms with Gasteiger partial charge >= 0.3 is 0 Å². The van der Waals surface area contributed by atoms with Crippen molar-refractivity contribution >= 4 is 28.4 Å². The molecule has 1 unspecified atom stereocenters. The van der Waals surface area contributed by atoms with Crippen LogP contribution in [0.15, 0.2) is 71.8 Å². The Morgan fingerprint density at radius 1 is 1.18 bits per heavy atom. The van der Waals surface area contributed by atoms with Crippen molar-refractivity contribution in [1.29, 1.82) is 5.26 Å². The quantitative estimate of drug-likeness (QED) is 0.303. The Morgan fingerprint density at radius 2 is 1.93 bits per heavy atom. The second-order valence-electron chi connectivity index (χ2n) is 6.05. The van der Waals surface area contributed by atoms with Gasteiger partial charge < -0.3 is 10.1 Å². The number of para-hydroxylation sites is 3. The highest BCUT2D eigenvalue weighted by atomic mass is 32.2. The molecular formula is C20H16N6OS. The maximum atomic E-state index is 10.7. The molecule has 0 bridgehead atoms. The molecule has 0 fully saturated rings. The molecule has 0 aliphatic carbocycles. The predicted molar refractivity (Wildman–Crippen MR) is 108 cm³/mol. The molecular weight excluding hydrogens is 372 g/mol. The fourth-order valence-electron chi connectivity index (χ4n) is 2.79. The number of rotatable bonds is 5. The van der Waals surface area contributed by atoms with Gasteiger partial charge in [-0.2, -0.15) is 5.26 Å². The first-order valence-corrected chi connectivity index (χ1v) is 9.46. The minimum Gasteiger partial charge on any atom is -0.510 e. The van der Waals surface area contributed by atoms with Crippen LogP contribution in [-0.4, -0.2) is 35.1 Å². The molecule has 0 saturated heterocycles. The fraction of sp³-hybridized carbons (Fsp3) is 0.100. The number of H-pyrrole nitrogens is 1. The topological polar surface area (TPSA) is 103 Å². The van der Waals surface area contributed by atoms with Crippen molar-refractivity contribution in [2.75, 3.05) is 0 Å². The van der Waals surface area contributed by atoms with Gasteiger partial charge in [-0.25, -0.2) is 4.98 Å². The Hall–Kier alpha value is -3.57. The highest BCUT2D eigenvalue weighted by Crippen LogP contribution is 2.30. The van der Waals surface area contributed by atoms with Crippen LogP contribution in [0.1, 0.15) is 12.7 Å². The first kappa shape index (κ1) is 17.8. The summed E-state index contributed by atoms with van der Waals surface area (Å²) in [5.41, 5.74) is 2.58. The van der Waals surface area contributed by atoms with Gasteiger partial charge in [0.2, 0.25) is 0 Å². The SMILES string of the molecule is CC(Sc1nncn1-c1ccccc1)/C(O)=C(\C#N)c1nc2ccccc2[nH]1. The number of benzene rings is 2. The van der Waals surface area contributed by atoms with Gasteiger partial charge in [-0.05, 0) is 31.2 Å². The minimum atomic E-state index is -0.422. The van der Waals surface area contributed by atoms with Crippen molar-refractivity contribution in [2.45, 2.75) is 17.3 Å². The number of aliphatic hydroxyl groups is 1. The van der Waals surface area contributed by atoms with Gasteiger partial charge in [-0.3, -0.25) is 4.57 Å². The Labute approximate surface area is 165 Å². The molecule has 4 rings (SSSR count). The van der Waals surface area contributed by atoms with E-state index in [1.165, 1.54) is 11.8 Å². The second-order valence-corrected chi connectivity index (χ2v) is 7.36. The number of allylic oxidation sites excluding steroid dienone is 1. The summed E-state index contributed by atoms with van der Waals surface area (Å²) < 4.78 is 1.84. The molecule has 2 heterocycles. The van der Waals surface area contributed by atoms with E-state index in [-0.39, 0.29) is 11.3 Å². The average molecular weight is 388 g/mol. The molecule has 2 N–H and O–H groups in total. The number of aliphatic hydroxyl groups excluding tert-OH is 1. The molecule has 28 heavy (non-hydrogen) atoms. The summed E-state index contributed by atoms with van der Waals surface area (Å²) in [4.78, 5) is 7.50. The lowest BCUT2D eigenvalue weighted by atomic mass is 10.2. The molecule has 8 heteroatoms. The number of thioether (sulfide) groups is 1. The van der Waals surface area contributed by atoms with Gasteiger partial charge in [0.1, 0.15) is 23.7 Å². The molecule has 0 saturated carbocycles. The zero-order valence-electron chi connectivity index (χ0n) is 14.9. The standard InChI is InChI=1S/C20H16N6OS/c1-13(28-20-25-22-12-26(20)14-7-3-2-4-8-14)18(27)15(11-21)19-23-16-9-5-6-10-17(16)24-19/h2-10,12-13,27H,1H3,(H,23,24)/b18-15-. The number of nitriles is 1. The third-order valence-electron chi connectivity index (χ3n) is 4.21. The fourth-order valence-corrected chi connectivity index (χ4v) is 3.70. The maximum Gasteiger partial charge on any atom is 0.196 e. The largest absolute Gasteiger partial charge is 0.510 e. The van der Waals surface area contributed by atoms with Gasteiger partial charge in [0, 0.05) is 5.69 Å². The zero-order valence-corrected chi connectivity index (χ0v) is 15.8. The van der Waals surface area contributed by atoms with Crippen LogP contribution in [0, 0.1) is 11.3 Å². The van der Waals surface area contributed by atoms with Crippen LogP contribution in [-0.2, 0) is 0 Å². The number of fused-ring (bicyclic) bond motifs is 1. The van der Waals surface area contributed by atoms with Gasteiger partial charge in [0.15, 0.2) is 11.0 Å². The van der Waals surface area contributed by atoms with Gasteiger partial charge in [0.05, 0.1) is 16.3 Å². The van der Waals surface area contributed by atoms with Crippen LogP contribution in [0.2, 0.25) is 0 Å². The minimum absolute atomic E-state index is 0.0610. The summed E-state index contributed by atoms with van der Waals surface area (Å²) in [5, 5.41) is 28.7. The van der Waals surface area contributed by atoms with Crippen LogP contribution in [0.25, 0.3) is 22.3 Å². The Kier molecular flexibility index (Phi) is 4.83. The monoisotopic (exact) mass is 388 g/mol. The van der Waals surface area contributed by atoms with Gasteiger partial charge in [0.25, 0.3) is 0 Å². The number of imidazole rings is 1. The van der Waals surface area contributed by atoms with Crippen LogP contribution >= 0.6 is 11.8 Å². The Morgan fingerprint density at radius 3 is 2.68 bits per heavy atom. The normalized spacial score (nSPS) is 13.1. The van der Waals surface area contributed by atoms with Crippen molar-refractivity contribution < 1.29 is 5.11 Å². The van der Waals surface area contributed by atoms with Crippen LogP contribution in [0.4, 0.5) is 0 Å². The molecule has 0 aliphatic rings. The number of nitrogens with one attached hydrogen (secondary N) is 1. The molecule has 0 spiro atoms. The van der Waals surface area contributed by atoms with E-state index in [1.54, 1.807) is 6.33 Å². The summed E-state index contributed by atoms with van der Waals surface area (Å²) in [6.07, 6.45) is 1.62. The third kappa shape index (κ3) is 3.35. The van der Waals surface area contributed by atoms with Crippen molar-refractivity contribution in [3.05, 3.63) is 72.5 Å².